The van der Waals surface area contributed by atoms with Crippen LogP contribution in [0.15, 0.2) is 24.4 Å². The Morgan fingerprint density at radius 3 is 3.06 bits per heavy atom. The number of hydrogen-bond donors (Lipinski definition) is 3. The van der Waals surface area contributed by atoms with Crippen molar-refractivity contribution in [3.05, 3.63) is 30.1 Å². The smallest absolute Gasteiger partial charge is 0.237 e. The van der Waals surface area contributed by atoms with Gasteiger partial charge >= 0.3 is 0 Å². The molecule has 1 aliphatic rings. The summed E-state index contributed by atoms with van der Waals surface area (Å²) in [6.45, 7) is 2.38. The van der Waals surface area contributed by atoms with E-state index in [2.05, 4.69) is 15.6 Å². The maximum absolute atomic E-state index is 11.9. The first-order valence-corrected chi connectivity index (χ1v) is 5.79. The molecule has 1 fully saturated rings. The van der Waals surface area contributed by atoms with Crippen molar-refractivity contribution in [2.75, 3.05) is 6.54 Å². The first kappa shape index (κ1) is 12.0. The highest BCUT2D eigenvalue weighted by Crippen LogP contribution is 2.11. The summed E-state index contributed by atoms with van der Waals surface area (Å²) in [4.78, 5) is 16.1. The number of rotatable bonds is 3. The zero-order chi connectivity index (χ0) is 12.3. The van der Waals surface area contributed by atoms with Gasteiger partial charge in [-0.15, -0.1) is 0 Å². The third-order valence-corrected chi connectivity index (χ3v) is 2.91. The molecule has 3 atom stereocenters. The van der Waals surface area contributed by atoms with Gasteiger partial charge in [-0.3, -0.25) is 9.78 Å². The summed E-state index contributed by atoms with van der Waals surface area (Å²) >= 11 is 0. The number of amides is 1. The largest absolute Gasteiger partial charge is 0.392 e. The van der Waals surface area contributed by atoms with Crippen LogP contribution < -0.4 is 10.6 Å². The highest BCUT2D eigenvalue weighted by Gasteiger charge is 2.28. The molecule has 1 aliphatic heterocycles. The molecule has 0 aromatic carbocycles. The fraction of sp³-hybridized carbons (Fsp3) is 0.500. The lowest BCUT2D eigenvalue weighted by Gasteiger charge is -2.16. The van der Waals surface area contributed by atoms with E-state index in [-0.39, 0.29) is 18.0 Å². The van der Waals surface area contributed by atoms with Crippen molar-refractivity contribution < 1.29 is 9.90 Å². The second-order valence-electron chi connectivity index (χ2n) is 4.34. The Hall–Kier alpha value is -1.46. The van der Waals surface area contributed by atoms with Crippen LogP contribution in [-0.2, 0) is 4.79 Å². The van der Waals surface area contributed by atoms with E-state index < -0.39 is 6.10 Å². The number of carbonyl (C=O) groups is 1. The number of nitrogens with one attached hydrogen (secondary N) is 2. The Balaban J connectivity index is 1.91. The van der Waals surface area contributed by atoms with Crippen LogP contribution in [0.1, 0.15) is 25.1 Å². The van der Waals surface area contributed by atoms with Gasteiger partial charge in [0.05, 0.1) is 23.9 Å². The predicted octanol–water partition coefficient (Wildman–Crippen LogP) is -0.0184. The van der Waals surface area contributed by atoms with Crippen LogP contribution in [0.2, 0.25) is 0 Å². The summed E-state index contributed by atoms with van der Waals surface area (Å²) in [5.74, 6) is -0.0836. The number of hydrogen-bond acceptors (Lipinski definition) is 4. The van der Waals surface area contributed by atoms with Crippen molar-refractivity contribution in [2.45, 2.75) is 31.5 Å². The number of carbonyl (C=O) groups excluding carboxylic acids is 1. The molecule has 0 bridgehead atoms. The number of aromatic nitrogens is 1. The first-order valence-electron chi connectivity index (χ1n) is 5.79. The lowest BCUT2D eigenvalue weighted by atomic mass is 10.1. The van der Waals surface area contributed by atoms with Gasteiger partial charge in [0, 0.05) is 12.7 Å². The average Bonchev–Trinajstić information content (AvgIpc) is 2.77. The van der Waals surface area contributed by atoms with Crippen molar-refractivity contribution in [1.29, 1.82) is 0 Å². The molecule has 0 radical (unpaired) electrons. The second kappa shape index (κ2) is 5.25. The quantitative estimate of drug-likeness (QED) is 0.688. The van der Waals surface area contributed by atoms with Crippen LogP contribution in [0.25, 0.3) is 0 Å². The van der Waals surface area contributed by atoms with Crippen LogP contribution in [0.3, 0.4) is 0 Å². The molecule has 0 aliphatic carbocycles. The van der Waals surface area contributed by atoms with Gasteiger partial charge in [-0.05, 0) is 25.5 Å². The molecule has 1 saturated heterocycles. The third kappa shape index (κ3) is 3.01. The van der Waals surface area contributed by atoms with Gasteiger partial charge < -0.3 is 15.7 Å². The summed E-state index contributed by atoms with van der Waals surface area (Å²) in [7, 11) is 0. The standard InChI is InChI=1S/C12H17N3O2/c1-8(10-4-2-3-5-13-10)15-12(17)11-6-9(16)7-14-11/h2-5,8-9,11,14,16H,6-7H2,1H3,(H,15,17). The molecule has 5 nitrogen and oxygen atoms in total. The summed E-state index contributed by atoms with van der Waals surface area (Å²) in [6.07, 6.45) is 1.76. The lowest BCUT2D eigenvalue weighted by molar-refractivity contribution is -0.123. The Labute approximate surface area is 100 Å². The molecule has 3 N–H and O–H groups in total. The van der Waals surface area contributed by atoms with Crippen LogP contribution in [0, 0.1) is 0 Å². The van der Waals surface area contributed by atoms with Gasteiger partial charge in [0.25, 0.3) is 0 Å². The normalized spacial score (nSPS) is 25.5. The van der Waals surface area contributed by atoms with Crippen LogP contribution >= 0.6 is 0 Å². The molecule has 1 aromatic heterocycles. The lowest BCUT2D eigenvalue weighted by Crippen LogP contribution is -2.41. The van der Waals surface area contributed by atoms with E-state index in [0.717, 1.165) is 5.69 Å². The molecular formula is C12H17N3O2. The third-order valence-electron chi connectivity index (χ3n) is 2.91. The minimum Gasteiger partial charge on any atom is -0.392 e. The van der Waals surface area contributed by atoms with E-state index in [1.54, 1.807) is 6.20 Å². The summed E-state index contributed by atoms with van der Waals surface area (Å²) in [5, 5.41) is 15.2. The topological polar surface area (TPSA) is 74.2 Å². The Bertz CT molecular complexity index is 383. The minimum atomic E-state index is -0.420. The number of aliphatic hydroxyl groups excluding tert-OH is 1. The summed E-state index contributed by atoms with van der Waals surface area (Å²) < 4.78 is 0. The van der Waals surface area contributed by atoms with Crippen molar-refractivity contribution in [2.24, 2.45) is 0 Å². The van der Waals surface area contributed by atoms with Crippen molar-refractivity contribution in [3.63, 3.8) is 0 Å². The predicted molar refractivity (Wildman–Crippen MR) is 63.2 cm³/mol. The monoisotopic (exact) mass is 235 g/mol. The second-order valence-corrected chi connectivity index (χ2v) is 4.34. The molecule has 1 aromatic rings. The van der Waals surface area contributed by atoms with E-state index in [0.29, 0.717) is 13.0 Å². The molecule has 2 rings (SSSR count). The number of aliphatic hydroxyl groups is 1. The molecule has 5 heteroatoms. The van der Waals surface area contributed by atoms with Gasteiger partial charge in [-0.2, -0.15) is 0 Å². The highest BCUT2D eigenvalue weighted by atomic mass is 16.3. The van der Waals surface area contributed by atoms with E-state index >= 15 is 0 Å². The van der Waals surface area contributed by atoms with Crippen molar-refractivity contribution >= 4 is 5.91 Å². The zero-order valence-corrected chi connectivity index (χ0v) is 9.76. The SMILES string of the molecule is CC(NC(=O)C1CC(O)CN1)c1ccccn1. The van der Waals surface area contributed by atoms with Gasteiger partial charge in [0.1, 0.15) is 0 Å². The maximum atomic E-state index is 11.9. The van der Waals surface area contributed by atoms with E-state index in [4.69, 9.17) is 0 Å². The highest BCUT2D eigenvalue weighted by molar-refractivity contribution is 5.82. The van der Waals surface area contributed by atoms with E-state index in [1.165, 1.54) is 0 Å². The summed E-state index contributed by atoms with van der Waals surface area (Å²) in [6, 6.07) is 5.19. The van der Waals surface area contributed by atoms with E-state index in [1.807, 2.05) is 25.1 Å². The molecular weight excluding hydrogens is 218 g/mol. The Kier molecular flexibility index (Phi) is 3.71. The number of β-amino-alcohol motifs (C(OH)–C–C–N with tert-alkyl or cyclic N) is 1. The molecule has 92 valence electrons. The fourth-order valence-electron chi connectivity index (χ4n) is 1.94. The number of pyridine rings is 1. The Morgan fingerprint density at radius 1 is 1.65 bits per heavy atom. The number of nitrogens with zero attached hydrogens (tertiary/aromatic N) is 1. The molecule has 0 saturated carbocycles. The van der Waals surface area contributed by atoms with Crippen LogP contribution in [0.4, 0.5) is 0 Å². The van der Waals surface area contributed by atoms with Gasteiger partial charge in [0.15, 0.2) is 0 Å². The molecule has 2 heterocycles. The molecule has 3 unspecified atom stereocenters. The van der Waals surface area contributed by atoms with Crippen molar-refractivity contribution in [3.8, 4) is 0 Å². The zero-order valence-electron chi connectivity index (χ0n) is 9.76. The molecule has 1 amide bonds. The van der Waals surface area contributed by atoms with Crippen molar-refractivity contribution in [1.82, 2.24) is 15.6 Å². The van der Waals surface area contributed by atoms with E-state index in [9.17, 15) is 9.90 Å². The minimum absolute atomic E-state index is 0.0836. The van der Waals surface area contributed by atoms with Gasteiger partial charge in [-0.1, -0.05) is 6.07 Å². The summed E-state index contributed by atoms with van der Waals surface area (Å²) in [5.41, 5.74) is 0.833. The van der Waals surface area contributed by atoms with Gasteiger partial charge in [0.2, 0.25) is 5.91 Å². The molecule has 17 heavy (non-hydrogen) atoms. The fourth-order valence-corrected chi connectivity index (χ4v) is 1.94. The van der Waals surface area contributed by atoms with Crippen LogP contribution in [-0.4, -0.2) is 34.7 Å². The van der Waals surface area contributed by atoms with Crippen LogP contribution in [0.5, 0.6) is 0 Å². The van der Waals surface area contributed by atoms with Gasteiger partial charge in [-0.25, -0.2) is 0 Å². The Morgan fingerprint density at radius 2 is 2.47 bits per heavy atom. The first-order chi connectivity index (χ1) is 8.16. The maximum Gasteiger partial charge on any atom is 0.237 e. The molecule has 0 spiro atoms. The average molecular weight is 235 g/mol.